The van der Waals surface area contributed by atoms with Gasteiger partial charge in [0.05, 0.1) is 4.88 Å². The van der Waals surface area contributed by atoms with Crippen LogP contribution in [0.1, 0.15) is 29.1 Å². The molecule has 1 atom stereocenters. The molecule has 4 amide bonds. The van der Waals surface area contributed by atoms with E-state index in [4.69, 9.17) is 4.74 Å². The summed E-state index contributed by atoms with van der Waals surface area (Å²) in [5.41, 5.74) is 1.71. The molecule has 0 aliphatic heterocycles. The number of carbonyl (C=O) groups excluding carboxylic acids is 4. The van der Waals surface area contributed by atoms with E-state index in [-0.39, 0.29) is 12.5 Å². The van der Waals surface area contributed by atoms with Gasteiger partial charge in [-0.15, -0.1) is 11.3 Å². The quantitative estimate of drug-likeness (QED) is 0.387. The molecule has 0 saturated carbocycles. The highest BCUT2D eigenvalue weighted by Gasteiger charge is 2.26. The van der Waals surface area contributed by atoms with Crippen LogP contribution in [0.2, 0.25) is 0 Å². The molecule has 0 fully saturated rings. The standard InChI is InChI=1S/C22H24N4O5S/c1-13(2)24-22(30)26-19(27)12-31-21(29)17(25-20(28)18-8-5-9-32-18)10-14-11-23-16-7-4-3-6-15(14)16/h3-9,11,13,17,23H,10,12H2,1-2H3,(H,25,28)(H2,24,26,27,30)/t17-/m0/s1. The first-order chi connectivity index (χ1) is 15.3. The Morgan fingerprint density at radius 2 is 1.84 bits per heavy atom. The normalized spacial score (nSPS) is 11.7. The first-order valence-electron chi connectivity index (χ1n) is 10.00. The smallest absolute Gasteiger partial charge is 0.329 e. The molecule has 0 saturated heterocycles. The summed E-state index contributed by atoms with van der Waals surface area (Å²) in [6.07, 6.45) is 1.93. The fourth-order valence-electron chi connectivity index (χ4n) is 3.05. The van der Waals surface area contributed by atoms with E-state index in [1.54, 1.807) is 37.6 Å². The number of aromatic amines is 1. The maximum absolute atomic E-state index is 12.8. The highest BCUT2D eigenvalue weighted by Crippen LogP contribution is 2.20. The van der Waals surface area contributed by atoms with E-state index in [1.807, 2.05) is 24.3 Å². The molecule has 10 heteroatoms. The van der Waals surface area contributed by atoms with E-state index in [9.17, 15) is 19.2 Å². The predicted octanol–water partition coefficient (Wildman–Crippen LogP) is 2.35. The molecule has 9 nitrogen and oxygen atoms in total. The zero-order chi connectivity index (χ0) is 23.1. The number of nitrogens with one attached hydrogen (secondary N) is 4. The minimum absolute atomic E-state index is 0.154. The summed E-state index contributed by atoms with van der Waals surface area (Å²) in [4.78, 5) is 52.4. The SMILES string of the molecule is CC(C)NC(=O)NC(=O)COC(=O)[C@H](Cc1c[nH]c2ccccc12)NC(=O)c1cccs1. The maximum Gasteiger partial charge on any atom is 0.329 e. The van der Waals surface area contributed by atoms with Gasteiger partial charge in [0, 0.05) is 29.6 Å². The van der Waals surface area contributed by atoms with E-state index in [0.717, 1.165) is 16.5 Å². The van der Waals surface area contributed by atoms with Crippen molar-refractivity contribution >= 4 is 46.1 Å². The summed E-state index contributed by atoms with van der Waals surface area (Å²) < 4.78 is 5.10. The fraction of sp³-hybridized carbons (Fsp3) is 0.273. The monoisotopic (exact) mass is 456 g/mol. The van der Waals surface area contributed by atoms with Crippen LogP contribution in [0.3, 0.4) is 0 Å². The topological polar surface area (TPSA) is 129 Å². The highest BCUT2D eigenvalue weighted by atomic mass is 32.1. The van der Waals surface area contributed by atoms with Gasteiger partial charge in [0.2, 0.25) is 0 Å². The number of thiophene rings is 1. The van der Waals surface area contributed by atoms with Crippen LogP contribution >= 0.6 is 11.3 Å². The Morgan fingerprint density at radius 3 is 2.56 bits per heavy atom. The minimum Gasteiger partial charge on any atom is -0.454 e. The Morgan fingerprint density at radius 1 is 1.06 bits per heavy atom. The van der Waals surface area contributed by atoms with Gasteiger partial charge >= 0.3 is 12.0 Å². The second kappa shape index (κ2) is 10.6. The van der Waals surface area contributed by atoms with Gasteiger partial charge in [-0.3, -0.25) is 14.9 Å². The van der Waals surface area contributed by atoms with Crippen molar-refractivity contribution in [1.82, 2.24) is 20.9 Å². The molecular formula is C22H24N4O5S. The Hall–Kier alpha value is -3.66. The van der Waals surface area contributed by atoms with Crippen molar-refractivity contribution in [3.05, 3.63) is 58.4 Å². The lowest BCUT2D eigenvalue weighted by atomic mass is 10.0. The Bertz CT molecular complexity index is 1110. The highest BCUT2D eigenvalue weighted by molar-refractivity contribution is 7.12. The number of benzene rings is 1. The number of aromatic nitrogens is 1. The molecule has 0 aliphatic carbocycles. The van der Waals surface area contributed by atoms with Gasteiger partial charge in [-0.05, 0) is 36.9 Å². The van der Waals surface area contributed by atoms with Crippen molar-refractivity contribution in [3.8, 4) is 0 Å². The lowest BCUT2D eigenvalue weighted by molar-refractivity contribution is -0.150. The zero-order valence-electron chi connectivity index (χ0n) is 17.6. The van der Waals surface area contributed by atoms with Crippen LogP contribution in [0, 0.1) is 0 Å². The average molecular weight is 457 g/mol. The van der Waals surface area contributed by atoms with Gasteiger partial charge in [0.25, 0.3) is 11.8 Å². The number of ether oxygens (including phenoxy) is 1. The van der Waals surface area contributed by atoms with Crippen LogP contribution < -0.4 is 16.0 Å². The van der Waals surface area contributed by atoms with Crippen LogP contribution in [0.25, 0.3) is 10.9 Å². The Kier molecular flexibility index (Phi) is 7.61. The van der Waals surface area contributed by atoms with Crippen LogP contribution in [0.15, 0.2) is 48.0 Å². The number of urea groups is 1. The molecule has 0 radical (unpaired) electrons. The third-order valence-electron chi connectivity index (χ3n) is 4.45. The van der Waals surface area contributed by atoms with Crippen molar-refractivity contribution < 1.29 is 23.9 Å². The number of carbonyl (C=O) groups is 4. The lowest BCUT2D eigenvalue weighted by Gasteiger charge is -2.17. The Balaban J connectivity index is 1.68. The van der Waals surface area contributed by atoms with Gasteiger partial charge in [-0.2, -0.15) is 0 Å². The van der Waals surface area contributed by atoms with Crippen LogP contribution in [-0.4, -0.2) is 47.5 Å². The Labute approximate surface area is 188 Å². The molecule has 1 aromatic carbocycles. The molecule has 4 N–H and O–H groups in total. The molecular weight excluding hydrogens is 432 g/mol. The number of esters is 1. The van der Waals surface area contributed by atoms with E-state index >= 15 is 0 Å². The van der Waals surface area contributed by atoms with E-state index in [0.29, 0.717) is 4.88 Å². The number of hydrogen-bond donors (Lipinski definition) is 4. The largest absolute Gasteiger partial charge is 0.454 e. The van der Waals surface area contributed by atoms with Crippen LogP contribution in [0.5, 0.6) is 0 Å². The number of amides is 4. The summed E-state index contributed by atoms with van der Waals surface area (Å²) in [5, 5.41) is 9.94. The molecule has 0 spiro atoms. The average Bonchev–Trinajstić information content (AvgIpc) is 3.41. The number of rotatable bonds is 8. The van der Waals surface area contributed by atoms with Crippen molar-refractivity contribution in [2.75, 3.05) is 6.61 Å². The number of para-hydroxylation sites is 1. The number of fused-ring (bicyclic) bond motifs is 1. The van der Waals surface area contributed by atoms with Crippen molar-refractivity contribution in [2.24, 2.45) is 0 Å². The van der Waals surface area contributed by atoms with Gasteiger partial charge in [0.15, 0.2) is 6.61 Å². The summed E-state index contributed by atoms with van der Waals surface area (Å²) in [7, 11) is 0. The van der Waals surface area contributed by atoms with Crippen LogP contribution in [-0.2, 0) is 20.7 Å². The zero-order valence-corrected chi connectivity index (χ0v) is 18.5. The summed E-state index contributed by atoms with van der Waals surface area (Å²) >= 11 is 1.25. The van der Waals surface area contributed by atoms with Crippen molar-refractivity contribution in [2.45, 2.75) is 32.4 Å². The summed E-state index contributed by atoms with van der Waals surface area (Å²) in [6, 6.07) is 9.11. The molecule has 3 rings (SSSR count). The second-order valence-corrected chi connectivity index (χ2v) is 8.30. The molecule has 168 valence electrons. The molecule has 2 aromatic heterocycles. The third-order valence-corrected chi connectivity index (χ3v) is 5.32. The molecule has 0 unspecified atom stereocenters. The van der Waals surface area contributed by atoms with Crippen LogP contribution in [0.4, 0.5) is 4.79 Å². The fourth-order valence-corrected chi connectivity index (χ4v) is 3.68. The van der Waals surface area contributed by atoms with Gasteiger partial charge in [-0.1, -0.05) is 24.3 Å². The van der Waals surface area contributed by atoms with E-state index in [2.05, 4.69) is 20.9 Å². The van der Waals surface area contributed by atoms with Crippen molar-refractivity contribution in [3.63, 3.8) is 0 Å². The maximum atomic E-state index is 12.8. The van der Waals surface area contributed by atoms with E-state index < -0.39 is 36.5 Å². The molecule has 0 bridgehead atoms. The van der Waals surface area contributed by atoms with Gasteiger partial charge in [0.1, 0.15) is 6.04 Å². The number of hydrogen-bond acceptors (Lipinski definition) is 6. The van der Waals surface area contributed by atoms with Gasteiger partial charge < -0.3 is 20.4 Å². The molecule has 0 aliphatic rings. The molecule has 2 heterocycles. The molecule has 3 aromatic rings. The van der Waals surface area contributed by atoms with E-state index in [1.165, 1.54) is 11.3 Å². The first-order valence-corrected chi connectivity index (χ1v) is 10.9. The minimum atomic E-state index is -1.03. The van der Waals surface area contributed by atoms with Crippen molar-refractivity contribution in [1.29, 1.82) is 0 Å². The summed E-state index contributed by atoms with van der Waals surface area (Å²) in [6.45, 7) is 2.84. The third kappa shape index (κ3) is 6.17. The van der Waals surface area contributed by atoms with Gasteiger partial charge in [-0.25, -0.2) is 9.59 Å². The summed E-state index contributed by atoms with van der Waals surface area (Å²) in [5.74, 6) is -1.96. The lowest BCUT2D eigenvalue weighted by Crippen LogP contribution is -2.46. The number of imide groups is 1. The molecule has 32 heavy (non-hydrogen) atoms. The predicted molar refractivity (Wildman–Crippen MR) is 120 cm³/mol. The first kappa shape index (κ1) is 23.0. The second-order valence-electron chi connectivity index (χ2n) is 7.35. The number of H-pyrrole nitrogens is 1.